The molecule has 1 unspecified atom stereocenters. The molecule has 0 fully saturated rings. The molecule has 1 atom stereocenters. The van der Waals surface area contributed by atoms with Gasteiger partial charge in [0.2, 0.25) is 0 Å². The van der Waals surface area contributed by atoms with Crippen molar-refractivity contribution in [1.29, 1.82) is 0 Å². The van der Waals surface area contributed by atoms with Crippen molar-refractivity contribution in [3.05, 3.63) is 18.4 Å². The van der Waals surface area contributed by atoms with Crippen molar-refractivity contribution in [3.63, 3.8) is 0 Å². The molecule has 1 aromatic heterocycles. The maximum absolute atomic E-state index is 9.29. The van der Waals surface area contributed by atoms with Crippen LogP contribution >= 0.6 is 0 Å². The second-order valence-electron chi connectivity index (χ2n) is 2.22. The summed E-state index contributed by atoms with van der Waals surface area (Å²) < 4.78 is 4.71. The number of aliphatic hydroxyl groups excluding tert-OH is 1. The van der Waals surface area contributed by atoms with Crippen LogP contribution in [0.15, 0.2) is 17.1 Å². The quantitative estimate of drug-likeness (QED) is 0.694. The number of aromatic nitrogens is 1. The Balaban J connectivity index is 2.50. The predicted molar refractivity (Wildman–Crippen MR) is 36.4 cm³/mol. The molecule has 0 amide bonds. The van der Waals surface area contributed by atoms with Crippen LogP contribution in [0.5, 0.6) is 0 Å². The molecular formula is C7H11NO2. The number of oxazole rings is 1. The highest BCUT2D eigenvalue weighted by atomic mass is 16.3. The molecule has 0 aliphatic carbocycles. The fraction of sp³-hybridized carbons (Fsp3) is 0.571. The molecule has 3 nitrogen and oxygen atoms in total. The Morgan fingerprint density at radius 1 is 1.80 bits per heavy atom. The molecule has 3 heteroatoms. The maximum atomic E-state index is 9.29. The molecule has 56 valence electrons. The van der Waals surface area contributed by atoms with Crippen LogP contribution in [0.25, 0.3) is 0 Å². The molecule has 1 aromatic rings. The van der Waals surface area contributed by atoms with Crippen LogP contribution in [0.3, 0.4) is 0 Å². The van der Waals surface area contributed by atoms with Crippen LogP contribution in [0.4, 0.5) is 0 Å². The first-order valence-corrected chi connectivity index (χ1v) is 3.40. The monoisotopic (exact) mass is 141 g/mol. The molecular weight excluding hydrogens is 130 g/mol. The summed E-state index contributed by atoms with van der Waals surface area (Å²) >= 11 is 0. The summed E-state index contributed by atoms with van der Waals surface area (Å²) in [6.07, 6.45) is 4.04. The minimum Gasteiger partial charge on any atom is -0.451 e. The lowest BCUT2D eigenvalue weighted by Gasteiger charge is -2.02. The number of hydrogen-bond acceptors (Lipinski definition) is 3. The van der Waals surface area contributed by atoms with Gasteiger partial charge in [0.15, 0.2) is 6.39 Å². The topological polar surface area (TPSA) is 46.3 Å². The lowest BCUT2D eigenvalue weighted by atomic mass is 10.2. The van der Waals surface area contributed by atoms with E-state index >= 15 is 0 Å². The van der Waals surface area contributed by atoms with Gasteiger partial charge in [0, 0.05) is 0 Å². The first kappa shape index (κ1) is 7.28. The SMILES string of the molecule is CCCC(O)c1cocn1. The van der Waals surface area contributed by atoms with Gasteiger partial charge in [0.05, 0.1) is 6.10 Å². The third kappa shape index (κ3) is 1.57. The zero-order valence-corrected chi connectivity index (χ0v) is 5.95. The molecule has 0 radical (unpaired) electrons. The van der Waals surface area contributed by atoms with Crippen molar-refractivity contribution in [2.24, 2.45) is 0 Å². The first-order valence-electron chi connectivity index (χ1n) is 3.40. The molecule has 0 aliphatic rings. The van der Waals surface area contributed by atoms with Gasteiger partial charge in [-0.3, -0.25) is 0 Å². The molecule has 0 saturated heterocycles. The Kier molecular flexibility index (Phi) is 2.45. The Bertz CT molecular complexity index is 172. The summed E-state index contributed by atoms with van der Waals surface area (Å²) in [6.45, 7) is 2.02. The predicted octanol–water partition coefficient (Wildman–Crippen LogP) is 1.51. The number of aliphatic hydroxyl groups is 1. The van der Waals surface area contributed by atoms with Gasteiger partial charge in [-0.15, -0.1) is 0 Å². The van der Waals surface area contributed by atoms with Gasteiger partial charge in [0.25, 0.3) is 0 Å². The van der Waals surface area contributed by atoms with E-state index in [2.05, 4.69) is 4.98 Å². The van der Waals surface area contributed by atoms with Crippen LogP contribution in [-0.2, 0) is 0 Å². The molecule has 1 heterocycles. The van der Waals surface area contributed by atoms with Gasteiger partial charge in [-0.25, -0.2) is 4.98 Å². The highest BCUT2D eigenvalue weighted by Gasteiger charge is 2.07. The van der Waals surface area contributed by atoms with Crippen molar-refractivity contribution in [2.75, 3.05) is 0 Å². The molecule has 1 N–H and O–H groups in total. The Morgan fingerprint density at radius 2 is 2.60 bits per heavy atom. The third-order valence-corrected chi connectivity index (χ3v) is 1.35. The minimum atomic E-state index is -0.455. The summed E-state index contributed by atoms with van der Waals surface area (Å²) in [4.78, 5) is 3.82. The fourth-order valence-corrected chi connectivity index (χ4v) is 0.808. The van der Waals surface area contributed by atoms with E-state index in [4.69, 9.17) is 4.42 Å². The van der Waals surface area contributed by atoms with Crippen LogP contribution in [0.2, 0.25) is 0 Å². The number of rotatable bonds is 3. The standard InChI is InChI=1S/C7H11NO2/c1-2-3-7(9)6-4-10-5-8-6/h4-5,7,9H,2-3H2,1H3. The third-order valence-electron chi connectivity index (χ3n) is 1.35. The van der Waals surface area contributed by atoms with E-state index in [1.54, 1.807) is 0 Å². The molecule has 10 heavy (non-hydrogen) atoms. The van der Waals surface area contributed by atoms with Crippen LogP contribution in [0, 0.1) is 0 Å². The molecule has 0 saturated carbocycles. The van der Waals surface area contributed by atoms with Gasteiger partial charge in [-0.1, -0.05) is 13.3 Å². The van der Waals surface area contributed by atoms with Crippen molar-refractivity contribution < 1.29 is 9.52 Å². The molecule has 1 rings (SSSR count). The normalized spacial score (nSPS) is 13.4. The van der Waals surface area contributed by atoms with E-state index in [-0.39, 0.29) is 0 Å². The van der Waals surface area contributed by atoms with E-state index in [0.29, 0.717) is 5.69 Å². The Labute approximate surface area is 59.7 Å². The van der Waals surface area contributed by atoms with Crippen molar-refractivity contribution >= 4 is 0 Å². The van der Waals surface area contributed by atoms with E-state index in [1.807, 2.05) is 6.92 Å². The van der Waals surface area contributed by atoms with E-state index in [9.17, 15) is 5.11 Å². The Morgan fingerprint density at radius 3 is 3.10 bits per heavy atom. The first-order chi connectivity index (χ1) is 4.84. The van der Waals surface area contributed by atoms with E-state index in [1.165, 1.54) is 12.7 Å². The largest absolute Gasteiger partial charge is 0.451 e. The van der Waals surface area contributed by atoms with E-state index in [0.717, 1.165) is 12.8 Å². The lowest BCUT2D eigenvalue weighted by molar-refractivity contribution is 0.161. The number of hydrogen-bond donors (Lipinski definition) is 1. The second-order valence-corrected chi connectivity index (χ2v) is 2.22. The lowest BCUT2D eigenvalue weighted by Crippen LogP contribution is -1.95. The summed E-state index contributed by atoms with van der Waals surface area (Å²) in [6, 6.07) is 0. The summed E-state index contributed by atoms with van der Waals surface area (Å²) in [7, 11) is 0. The van der Waals surface area contributed by atoms with Gasteiger partial charge < -0.3 is 9.52 Å². The van der Waals surface area contributed by atoms with Gasteiger partial charge in [0.1, 0.15) is 12.0 Å². The second kappa shape index (κ2) is 3.37. The highest BCUT2D eigenvalue weighted by molar-refractivity contribution is 4.95. The Hall–Kier alpha value is -0.830. The summed E-state index contributed by atoms with van der Waals surface area (Å²) in [5.41, 5.74) is 0.627. The zero-order chi connectivity index (χ0) is 7.40. The van der Waals surface area contributed by atoms with Gasteiger partial charge >= 0.3 is 0 Å². The molecule has 0 spiro atoms. The van der Waals surface area contributed by atoms with E-state index < -0.39 is 6.10 Å². The maximum Gasteiger partial charge on any atom is 0.180 e. The van der Waals surface area contributed by atoms with Crippen molar-refractivity contribution in [2.45, 2.75) is 25.9 Å². The van der Waals surface area contributed by atoms with Crippen molar-refractivity contribution in [1.82, 2.24) is 4.98 Å². The average molecular weight is 141 g/mol. The summed E-state index contributed by atoms with van der Waals surface area (Å²) in [5, 5.41) is 9.29. The van der Waals surface area contributed by atoms with Crippen LogP contribution in [0.1, 0.15) is 31.6 Å². The zero-order valence-electron chi connectivity index (χ0n) is 5.95. The molecule has 0 aliphatic heterocycles. The van der Waals surface area contributed by atoms with Crippen LogP contribution < -0.4 is 0 Å². The van der Waals surface area contributed by atoms with Gasteiger partial charge in [-0.05, 0) is 6.42 Å². The van der Waals surface area contributed by atoms with Gasteiger partial charge in [-0.2, -0.15) is 0 Å². The molecule has 0 bridgehead atoms. The average Bonchev–Trinajstić information content (AvgIpc) is 2.38. The summed E-state index contributed by atoms with van der Waals surface area (Å²) in [5.74, 6) is 0. The van der Waals surface area contributed by atoms with Crippen molar-refractivity contribution in [3.8, 4) is 0 Å². The molecule has 0 aromatic carbocycles. The number of nitrogens with zero attached hydrogens (tertiary/aromatic N) is 1. The fourth-order valence-electron chi connectivity index (χ4n) is 0.808. The minimum absolute atomic E-state index is 0.455. The van der Waals surface area contributed by atoms with Crippen LogP contribution in [-0.4, -0.2) is 10.1 Å². The highest BCUT2D eigenvalue weighted by Crippen LogP contribution is 2.14. The smallest absolute Gasteiger partial charge is 0.180 e.